The van der Waals surface area contributed by atoms with E-state index in [-0.39, 0.29) is 30.0 Å². The van der Waals surface area contributed by atoms with E-state index in [0.717, 1.165) is 10.5 Å². The number of para-hydroxylation sites is 1. The Bertz CT molecular complexity index is 1820. The predicted octanol–water partition coefficient (Wildman–Crippen LogP) is 4.74. The minimum atomic E-state index is -1.29. The molecule has 6 unspecified atom stereocenters. The third-order valence-corrected chi connectivity index (χ3v) is 10.2. The Morgan fingerprint density at radius 2 is 1.58 bits per heavy atom. The van der Waals surface area contributed by atoms with E-state index in [1.54, 1.807) is 49.4 Å². The van der Waals surface area contributed by atoms with E-state index in [9.17, 15) is 34.4 Å². The highest BCUT2D eigenvalue weighted by molar-refractivity contribution is 6.25. The number of phenolic OH excluding ortho intramolecular Hbond substituents is 1. The van der Waals surface area contributed by atoms with Crippen LogP contribution in [0.25, 0.3) is 0 Å². The zero-order valence-electron chi connectivity index (χ0n) is 24.5. The minimum absolute atomic E-state index is 0.109. The molecule has 2 heterocycles. The van der Waals surface area contributed by atoms with E-state index in [1.165, 1.54) is 42.3 Å². The second-order valence-electron chi connectivity index (χ2n) is 12.2. The van der Waals surface area contributed by atoms with Crippen LogP contribution in [0.5, 0.6) is 11.5 Å². The fourth-order valence-corrected chi connectivity index (χ4v) is 8.05. The first-order valence-corrected chi connectivity index (χ1v) is 14.7. The lowest BCUT2D eigenvalue weighted by molar-refractivity contribution is -0.384. The van der Waals surface area contributed by atoms with Gasteiger partial charge in [0.2, 0.25) is 23.6 Å². The van der Waals surface area contributed by atoms with E-state index in [2.05, 4.69) is 0 Å². The summed E-state index contributed by atoms with van der Waals surface area (Å²) in [6.07, 6.45) is 2.29. The van der Waals surface area contributed by atoms with Gasteiger partial charge in [-0.05, 0) is 56.0 Å². The molecule has 2 aliphatic heterocycles. The van der Waals surface area contributed by atoms with E-state index in [4.69, 9.17) is 4.74 Å². The van der Waals surface area contributed by atoms with Crippen LogP contribution in [0.3, 0.4) is 0 Å². The van der Waals surface area contributed by atoms with Crippen molar-refractivity contribution in [2.45, 2.75) is 25.7 Å². The van der Waals surface area contributed by atoms with Crippen LogP contribution in [0.2, 0.25) is 0 Å². The van der Waals surface area contributed by atoms with Gasteiger partial charge in [0.1, 0.15) is 11.5 Å². The van der Waals surface area contributed by atoms with Crippen molar-refractivity contribution in [1.82, 2.24) is 0 Å². The van der Waals surface area contributed by atoms with E-state index in [0.29, 0.717) is 17.0 Å². The molecule has 228 valence electrons. The summed E-state index contributed by atoms with van der Waals surface area (Å²) in [7, 11) is 1.47. The number of hydrogen-bond donors (Lipinski definition) is 1. The minimum Gasteiger partial charge on any atom is -0.508 e. The molecular formula is C34H29N3O8. The number of anilines is 2. The quantitative estimate of drug-likeness (QED) is 0.189. The summed E-state index contributed by atoms with van der Waals surface area (Å²) in [6.45, 7) is 1.75. The largest absolute Gasteiger partial charge is 0.508 e. The molecule has 3 aromatic carbocycles. The number of nitro groups is 1. The number of allylic oxidation sites excluding steroid dienone is 2. The first-order chi connectivity index (χ1) is 21.6. The lowest BCUT2D eigenvalue weighted by atomic mass is 9.51. The van der Waals surface area contributed by atoms with Crippen LogP contribution in [-0.2, 0) is 19.2 Å². The maximum atomic E-state index is 14.4. The lowest BCUT2D eigenvalue weighted by Crippen LogP contribution is -2.48. The molecule has 3 aromatic rings. The molecule has 7 rings (SSSR count). The van der Waals surface area contributed by atoms with Gasteiger partial charge in [-0.2, -0.15) is 0 Å². The van der Waals surface area contributed by atoms with Crippen molar-refractivity contribution in [3.05, 3.63) is 100 Å². The molecule has 45 heavy (non-hydrogen) atoms. The second kappa shape index (κ2) is 10.1. The zero-order valence-corrected chi connectivity index (χ0v) is 24.5. The fraction of sp³-hybridized carbons (Fsp3) is 0.294. The molecule has 3 fully saturated rings. The lowest BCUT2D eigenvalue weighted by Gasteiger charge is -2.49. The standard InChI is InChI=1S/C34H29N3O8/c1-34-26(31(40)36(33(34)42)18-6-4-3-5-7-18)17-25-22(29(34)23-13-12-21(45-2)16-27(23)38)14-15-24-28(25)32(41)35(30(24)39)19-8-10-20(11-9-19)37(43)44/h3-14,16,24-26,28-29,38H,15,17H2,1-2H3. The number of nitrogens with zero attached hydrogens (tertiary/aromatic N) is 3. The maximum absolute atomic E-state index is 14.4. The van der Waals surface area contributed by atoms with Crippen LogP contribution in [-0.4, -0.2) is 40.8 Å². The first kappa shape index (κ1) is 28.5. The van der Waals surface area contributed by atoms with Crippen molar-refractivity contribution in [2.24, 2.45) is 29.1 Å². The van der Waals surface area contributed by atoms with Gasteiger partial charge in [0.15, 0.2) is 0 Å². The number of ether oxygens (including phenoxy) is 1. The number of methoxy groups -OCH3 is 1. The smallest absolute Gasteiger partial charge is 0.269 e. The Balaban J connectivity index is 1.35. The molecule has 0 spiro atoms. The number of rotatable bonds is 5. The number of non-ortho nitro benzene ring substituents is 1. The number of imide groups is 2. The number of aromatic hydroxyl groups is 1. The average molecular weight is 608 g/mol. The fourth-order valence-electron chi connectivity index (χ4n) is 8.05. The Kier molecular flexibility index (Phi) is 6.40. The van der Waals surface area contributed by atoms with E-state index in [1.807, 2.05) is 6.08 Å². The molecule has 6 atom stereocenters. The molecule has 0 radical (unpaired) electrons. The molecule has 11 nitrogen and oxygen atoms in total. The highest BCUT2D eigenvalue weighted by Gasteiger charge is 2.68. The predicted molar refractivity (Wildman–Crippen MR) is 161 cm³/mol. The molecule has 0 aromatic heterocycles. The highest BCUT2D eigenvalue weighted by atomic mass is 16.6. The van der Waals surface area contributed by atoms with Gasteiger partial charge in [-0.3, -0.25) is 34.2 Å². The summed E-state index contributed by atoms with van der Waals surface area (Å²) >= 11 is 0. The number of benzene rings is 3. The normalized spacial score (nSPS) is 28.8. The summed E-state index contributed by atoms with van der Waals surface area (Å²) in [5.74, 6) is -5.03. The van der Waals surface area contributed by atoms with Crippen LogP contribution in [0.1, 0.15) is 31.2 Å². The van der Waals surface area contributed by atoms with Crippen LogP contribution >= 0.6 is 0 Å². The van der Waals surface area contributed by atoms with Gasteiger partial charge in [0.25, 0.3) is 5.69 Å². The Morgan fingerprint density at radius 1 is 0.889 bits per heavy atom. The van der Waals surface area contributed by atoms with Crippen molar-refractivity contribution in [1.29, 1.82) is 0 Å². The number of carbonyl (C=O) groups is 4. The molecule has 4 aliphatic rings. The number of nitro benzene ring substituents is 1. The Morgan fingerprint density at radius 3 is 2.22 bits per heavy atom. The Hall–Kier alpha value is -5.32. The molecule has 2 aliphatic carbocycles. The van der Waals surface area contributed by atoms with Gasteiger partial charge < -0.3 is 9.84 Å². The first-order valence-electron chi connectivity index (χ1n) is 14.7. The summed E-state index contributed by atoms with van der Waals surface area (Å²) in [5.41, 5.74) is 0.375. The molecule has 2 saturated heterocycles. The molecular weight excluding hydrogens is 578 g/mol. The molecule has 1 N–H and O–H groups in total. The average Bonchev–Trinajstić information content (AvgIpc) is 3.41. The third-order valence-electron chi connectivity index (χ3n) is 10.2. The zero-order chi connectivity index (χ0) is 31.8. The second-order valence-corrected chi connectivity index (χ2v) is 12.2. The molecule has 4 amide bonds. The van der Waals surface area contributed by atoms with Crippen molar-refractivity contribution >= 4 is 40.7 Å². The van der Waals surface area contributed by atoms with Gasteiger partial charge in [-0.25, -0.2) is 4.90 Å². The summed E-state index contributed by atoms with van der Waals surface area (Å²) in [5, 5.41) is 22.5. The maximum Gasteiger partial charge on any atom is 0.269 e. The SMILES string of the molecule is COc1ccc(C2C3=CCC4C(=O)N(c5ccc([N+](=O)[O-])cc5)C(=O)C4C3CC3C(=O)N(c4ccccc4)C(=O)C32C)c(O)c1. The number of phenols is 1. The van der Waals surface area contributed by atoms with E-state index < -0.39 is 63.6 Å². The number of amides is 4. The van der Waals surface area contributed by atoms with Gasteiger partial charge in [-0.1, -0.05) is 35.9 Å². The van der Waals surface area contributed by atoms with Crippen LogP contribution in [0.4, 0.5) is 17.1 Å². The van der Waals surface area contributed by atoms with Crippen molar-refractivity contribution in [3.63, 3.8) is 0 Å². The van der Waals surface area contributed by atoms with Gasteiger partial charge in [0.05, 0.1) is 46.6 Å². The van der Waals surface area contributed by atoms with Crippen molar-refractivity contribution < 1.29 is 33.9 Å². The van der Waals surface area contributed by atoms with Crippen molar-refractivity contribution in [3.8, 4) is 11.5 Å². The summed E-state index contributed by atoms with van der Waals surface area (Å²) in [6, 6.07) is 18.8. The highest BCUT2D eigenvalue weighted by Crippen LogP contribution is 2.64. The Labute approximate surface area is 257 Å². The van der Waals surface area contributed by atoms with Crippen LogP contribution in [0, 0.1) is 39.2 Å². The number of carbonyl (C=O) groups excluding carboxylic acids is 4. The van der Waals surface area contributed by atoms with Crippen LogP contribution in [0.15, 0.2) is 84.4 Å². The van der Waals surface area contributed by atoms with Crippen LogP contribution < -0.4 is 14.5 Å². The van der Waals surface area contributed by atoms with Crippen molar-refractivity contribution in [2.75, 3.05) is 16.9 Å². The molecule has 11 heteroatoms. The summed E-state index contributed by atoms with van der Waals surface area (Å²) < 4.78 is 5.30. The topological polar surface area (TPSA) is 147 Å². The molecule has 0 bridgehead atoms. The number of hydrogen-bond acceptors (Lipinski definition) is 8. The summed E-state index contributed by atoms with van der Waals surface area (Å²) in [4.78, 5) is 69.4. The van der Waals surface area contributed by atoms with Gasteiger partial charge >= 0.3 is 0 Å². The monoisotopic (exact) mass is 607 g/mol. The van der Waals surface area contributed by atoms with Gasteiger partial charge in [-0.15, -0.1) is 0 Å². The number of fused-ring (bicyclic) bond motifs is 4. The third kappa shape index (κ3) is 3.96. The van der Waals surface area contributed by atoms with E-state index >= 15 is 0 Å². The van der Waals surface area contributed by atoms with Gasteiger partial charge in [0, 0.05) is 29.7 Å². The molecule has 1 saturated carbocycles.